The fraction of sp³-hybridized carbons (Fsp3) is 0.562. The number of rotatable bonds is 2. The number of benzene rings is 1. The number of sulfonamides is 1. The zero-order valence-corrected chi connectivity index (χ0v) is 14.1. The van der Waals surface area contributed by atoms with Gasteiger partial charge in [0.1, 0.15) is 5.82 Å². The summed E-state index contributed by atoms with van der Waals surface area (Å²) < 4.78 is 41.1. The lowest BCUT2D eigenvalue weighted by molar-refractivity contribution is -0.129. The van der Waals surface area contributed by atoms with Gasteiger partial charge in [-0.3, -0.25) is 4.79 Å². The highest BCUT2D eigenvalue weighted by Gasteiger charge is 2.42. The molecule has 5 nitrogen and oxygen atoms in total. The first-order valence-corrected chi connectivity index (χ1v) is 9.26. The second kappa shape index (κ2) is 5.87. The lowest BCUT2D eigenvalue weighted by atomic mass is 9.97. The number of amides is 1. The summed E-state index contributed by atoms with van der Waals surface area (Å²) in [6.45, 7) is 4.59. The zero-order chi connectivity index (χ0) is 16.8. The third-order valence-corrected chi connectivity index (χ3v) is 6.91. The maximum atomic E-state index is 13.5. The summed E-state index contributed by atoms with van der Waals surface area (Å²) in [6, 6.07) is 3.61. The molecular weight excluding hydrogens is 319 g/mol. The molecule has 2 atom stereocenters. The molecule has 0 saturated carbocycles. The quantitative estimate of drug-likeness (QED) is 0.824. The molecule has 126 valence electrons. The number of aryl methyl sites for hydroxylation is 1. The van der Waals surface area contributed by atoms with Crippen LogP contribution in [0.15, 0.2) is 23.1 Å². The van der Waals surface area contributed by atoms with Gasteiger partial charge in [0.25, 0.3) is 0 Å². The Kier molecular flexibility index (Phi) is 4.18. The van der Waals surface area contributed by atoms with Crippen molar-refractivity contribution in [2.75, 3.05) is 19.6 Å². The fourth-order valence-corrected chi connectivity index (χ4v) is 5.53. The van der Waals surface area contributed by atoms with Gasteiger partial charge in [-0.05, 0) is 43.4 Å². The second-order valence-corrected chi connectivity index (χ2v) is 8.36. The number of fused-ring (bicyclic) bond motifs is 4. The maximum Gasteiger partial charge on any atom is 0.243 e. The number of nitrogens with zero attached hydrogens (tertiary/aromatic N) is 2. The van der Waals surface area contributed by atoms with E-state index in [9.17, 15) is 17.6 Å². The van der Waals surface area contributed by atoms with Crippen LogP contribution in [0.4, 0.5) is 4.39 Å². The van der Waals surface area contributed by atoms with Gasteiger partial charge in [-0.1, -0.05) is 6.07 Å². The highest BCUT2D eigenvalue weighted by atomic mass is 32.2. The third-order valence-electron chi connectivity index (χ3n) is 4.85. The van der Waals surface area contributed by atoms with Crippen molar-refractivity contribution in [1.82, 2.24) is 9.21 Å². The first-order chi connectivity index (χ1) is 10.8. The Morgan fingerprint density at radius 2 is 1.96 bits per heavy atom. The van der Waals surface area contributed by atoms with E-state index in [0.29, 0.717) is 25.2 Å². The summed E-state index contributed by atoms with van der Waals surface area (Å²) in [5.74, 6) is -0.441. The molecule has 7 heteroatoms. The molecule has 0 aromatic heterocycles. The molecule has 1 amide bonds. The van der Waals surface area contributed by atoms with Crippen molar-refractivity contribution in [2.45, 2.75) is 37.6 Å². The van der Waals surface area contributed by atoms with Gasteiger partial charge in [0.15, 0.2) is 0 Å². The Morgan fingerprint density at radius 1 is 1.22 bits per heavy atom. The van der Waals surface area contributed by atoms with Gasteiger partial charge in [-0.2, -0.15) is 4.31 Å². The molecule has 3 heterocycles. The Balaban J connectivity index is 1.98. The molecule has 23 heavy (non-hydrogen) atoms. The van der Waals surface area contributed by atoms with Crippen LogP contribution < -0.4 is 0 Å². The summed E-state index contributed by atoms with van der Waals surface area (Å²) in [7, 11) is -3.76. The summed E-state index contributed by atoms with van der Waals surface area (Å²) in [5.41, 5.74) is 0.537. The lowest BCUT2D eigenvalue weighted by Gasteiger charge is -2.35. The number of carbonyl (C=O) groups is 1. The van der Waals surface area contributed by atoms with Crippen molar-refractivity contribution >= 4 is 15.9 Å². The van der Waals surface area contributed by atoms with Gasteiger partial charge in [0.2, 0.25) is 15.9 Å². The number of halogens is 1. The molecule has 0 aliphatic carbocycles. The van der Waals surface area contributed by atoms with E-state index in [1.54, 1.807) is 11.8 Å². The number of hydrogen-bond acceptors (Lipinski definition) is 3. The molecule has 2 bridgehead atoms. The monoisotopic (exact) mass is 340 g/mol. The van der Waals surface area contributed by atoms with Gasteiger partial charge in [-0.25, -0.2) is 12.8 Å². The molecule has 3 aliphatic rings. The van der Waals surface area contributed by atoms with Crippen LogP contribution in [0.5, 0.6) is 0 Å². The molecule has 1 aromatic carbocycles. The highest BCUT2D eigenvalue weighted by Crippen LogP contribution is 2.33. The van der Waals surface area contributed by atoms with Crippen molar-refractivity contribution in [2.24, 2.45) is 5.92 Å². The topological polar surface area (TPSA) is 57.7 Å². The minimum Gasteiger partial charge on any atom is -0.341 e. The van der Waals surface area contributed by atoms with Crippen molar-refractivity contribution < 1.29 is 17.6 Å². The molecule has 0 N–H and O–H groups in total. The van der Waals surface area contributed by atoms with Gasteiger partial charge in [-0.15, -0.1) is 0 Å². The van der Waals surface area contributed by atoms with Crippen LogP contribution >= 0.6 is 0 Å². The average molecular weight is 340 g/mol. The van der Waals surface area contributed by atoms with Crippen LogP contribution in [0.25, 0.3) is 0 Å². The maximum absolute atomic E-state index is 13.5. The van der Waals surface area contributed by atoms with E-state index in [0.717, 1.165) is 18.9 Å². The molecule has 4 rings (SSSR count). The van der Waals surface area contributed by atoms with Crippen LogP contribution in [0.1, 0.15) is 25.3 Å². The van der Waals surface area contributed by atoms with E-state index in [1.807, 2.05) is 0 Å². The highest BCUT2D eigenvalue weighted by molar-refractivity contribution is 7.89. The first-order valence-electron chi connectivity index (χ1n) is 7.82. The third kappa shape index (κ3) is 2.99. The molecular formula is C16H21FN2O3S. The molecule has 1 aromatic rings. The van der Waals surface area contributed by atoms with Gasteiger partial charge < -0.3 is 4.90 Å². The Labute approximate surface area is 136 Å². The van der Waals surface area contributed by atoms with Gasteiger partial charge in [0, 0.05) is 32.6 Å². The SMILES string of the molecule is CC(=O)N1C[C@H]2CC[C@@H](C1)N(S(=O)(=O)c1cc(F)ccc1C)C2. The normalized spacial score (nSPS) is 25.4. The summed E-state index contributed by atoms with van der Waals surface area (Å²) in [5, 5.41) is 0. The number of carbonyl (C=O) groups excluding carboxylic acids is 1. The first kappa shape index (κ1) is 16.4. The van der Waals surface area contributed by atoms with E-state index < -0.39 is 15.8 Å². The number of piperidine rings is 1. The summed E-state index contributed by atoms with van der Waals surface area (Å²) >= 11 is 0. The Morgan fingerprint density at radius 3 is 2.65 bits per heavy atom. The Bertz CT molecular complexity index is 735. The molecule has 3 saturated heterocycles. The van der Waals surface area contributed by atoms with Crippen LogP contribution in [-0.2, 0) is 14.8 Å². The molecule has 0 spiro atoms. The Hall–Kier alpha value is -1.47. The summed E-state index contributed by atoms with van der Waals surface area (Å²) in [6.07, 6.45) is 1.66. The van der Waals surface area contributed by atoms with Crippen molar-refractivity contribution in [3.63, 3.8) is 0 Å². The van der Waals surface area contributed by atoms with Crippen LogP contribution in [-0.4, -0.2) is 49.2 Å². The van der Waals surface area contributed by atoms with Crippen molar-refractivity contribution in [3.8, 4) is 0 Å². The average Bonchev–Trinajstić information content (AvgIpc) is 2.81. The summed E-state index contributed by atoms with van der Waals surface area (Å²) in [4.78, 5) is 13.5. The van der Waals surface area contributed by atoms with Crippen LogP contribution in [0.2, 0.25) is 0 Å². The van der Waals surface area contributed by atoms with E-state index in [4.69, 9.17) is 0 Å². The standard InChI is InChI=1S/C16H21FN2O3S/c1-11-3-5-14(17)7-16(11)23(21,22)19-9-13-4-6-15(19)10-18(8-13)12(2)20/h3,5,7,13,15H,4,6,8-10H2,1-2H3/t13-,15+/m1/s1. The molecule has 0 radical (unpaired) electrons. The van der Waals surface area contributed by atoms with Crippen molar-refractivity contribution in [3.05, 3.63) is 29.6 Å². The molecule has 3 aliphatic heterocycles. The fourth-order valence-electron chi connectivity index (χ4n) is 3.57. The van der Waals surface area contributed by atoms with Crippen LogP contribution in [0, 0.1) is 18.7 Å². The lowest BCUT2D eigenvalue weighted by Crippen LogP contribution is -2.47. The number of hydrogen-bond donors (Lipinski definition) is 0. The van der Waals surface area contributed by atoms with Crippen LogP contribution in [0.3, 0.4) is 0 Å². The van der Waals surface area contributed by atoms with E-state index >= 15 is 0 Å². The van der Waals surface area contributed by atoms with Gasteiger partial charge in [0.05, 0.1) is 4.90 Å². The predicted molar refractivity (Wildman–Crippen MR) is 83.8 cm³/mol. The second-order valence-electron chi connectivity index (χ2n) is 6.51. The molecule has 3 fully saturated rings. The minimum atomic E-state index is -3.76. The largest absolute Gasteiger partial charge is 0.341 e. The van der Waals surface area contributed by atoms with E-state index in [1.165, 1.54) is 23.4 Å². The minimum absolute atomic E-state index is 0.0249. The predicted octanol–water partition coefficient (Wildman–Crippen LogP) is 1.77. The van der Waals surface area contributed by atoms with Crippen molar-refractivity contribution in [1.29, 1.82) is 0 Å². The smallest absolute Gasteiger partial charge is 0.243 e. The van der Waals surface area contributed by atoms with Gasteiger partial charge >= 0.3 is 0 Å². The molecule has 0 unspecified atom stereocenters. The van der Waals surface area contributed by atoms with E-state index in [-0.39, 0.29) is 22.8 Å². The zero-order valence-electron chi connectivity index (χ0n) is 13.3. The van der Waals surface area contributed by atoms with E-state index in [2.05, 4.69) is 0 Å².